The van der Waals surface area contributed by atoms with Gasteiger partial charge in [0.15, 0.2) is 0 Å². The molecule has 0 aromatic rings. The Morgan fingerprint density at radius 3 is 2.76 bits per heavy atom. The molecule has 2 aliphatic heterocycles. The van der Waals surface area contributed by atoms with E-state index in [1.165, 1.54) is 0 Å². The van der Waals surface area contributed by atoms with Gasteiger partial charge in [0, 0.05) is 11.2 Å². The van der Waals surface area contributed by atoms with Crippen LogP contribution in [-0.2, 0) is 14.2 Å². The van der Waals surface area contributed by atoms with E-state index in [1.807, 2.05) is 6.92 Å². The van der Waals surface area contributed by atoms with Crippen LogP contribution in [0, 0.1) is 0 Å². The van der Waals surface area contributed by atoms with Gasteiger partial charge in [-0.25, -0.2) is 4.79 Å². The summed E-state index contributed by atoms with van der Waals surface area (Å²) in [5.74, 6) is 0. The Balaban J connectivity index is 2.00. The zero-order chi connectivity index (χ0) is 12.4. The second kappa shape index (κ2) is 5.57. The second-order valence-corrected chi connectivity index (χ2v) is 5.96. The van der Waals surface area contributed by atoms with Crippen molar-refractivity contribution < 1.29 is 19.0 Å². The maximum atomic E-state index is 11.1. The van der Waals surface area contributed by atoms with Crippen LogP contribution < -0.4 is 0 Å². The normalized spacial score (nSPS) is 39.6. The predicted molar refractivity (Wildman–Crippen MR) is 66.3 cm³/mol. The summed E-state index contributed by atoms with van der Waals surface area (Å²) in [6.45, 7) is 4.16. The van der Waals surface area contributed by atoms with E-state index in [2.05, 4.69) is 22.9 Å². The summed E-state index contributed by atoms with van der Waals surface area (Å²) in [7, 11) is 0. The molecule has 4 nitrogen and oxygen atoms in total. The maximum absolute atomic E-state index is 11.1. The van der Waals surface area contributed by atoms with Crippen LogP contribution in [0.2, 0.25) is 0 Å². The van der Waals surface area contributed by atoms with E-state index in [1.54, 1.807) is 0 Å². The van der Waals surface area contributed by atoms with E-state index in [-0.39, 0.29) is 24.4 Å². The number of rotatable bonds is 2. The fraction of sp³-hybridized carbons (Fsp3) is 0.917. The Morgan fingerprint density at radius 1 is 1.35 bits per heavy atom. The van der Waals surface area contributed by atoms with Crippen LogP contribution in [0.1, 0.15) is 39.5 Å². The molecule has 17 heavy (non-hydrogen) atoms. The molecule has 2 rings (SSSR count). The summed E-state index contributed by atoms with van der Waals surface area (Å²) >= 11 is 3.65. The summed E-state index contributed by atoms with van der Waals surface area (Å²) in [6, 6.07) is 0. The van der Waals surface area contributed by atoms with Crippen molar-refractivity contribution in [3.63, 3.8) is 0 Å². The van der Waals surface area contributed by atoms with E-state index in [4.69, 9.17) is 14.2 Å². The third-order valence-electron chi connectivity index (χ3n) is 3.41. The number of carbonyl (C=O) groups is 1. The van der Waals surface area contributed by atoms with Crippen LogP contribution in [0.4, 0.5) is 4.79 Å². The van der Waals surface area contributed by atoms with E-state index in [0.29, 0.717) is 4.83 Å². The van der Waals surface area contributed by atoms with Crippen LogP contribution in [0.15, 0.2) is 0 Å². The van der Waals surface area contributed by atoms with Crippen molar-refractivity contribution in [1.29, 1.82) is 0 Å². The molecule has 0 bridgehead atoms. The topological polar surface area (TPSA) is 44.8 Å². The van der Waals surface area contributed by atoms with Gasteiger partial charge in [-0.05, 0) is 26.2 Å². The van der Waals surface area contributed by atoms with Crippen molar-refractivity contribution in [2.45, 2.75) is 68.8 Å². The minimum absolute atomic E-state index is 0.0899. The van der Waals surface area contributed by atoms with E-state index in [0.717, 1.165) is 25.7 Å². The fourth-order valence-electron chi connectivity index (χ4n) is 2.48. The summed E-state index contributed by atoms with van der Waals surface area (Å²) in [5, 5.41) is 0. The SMILES string of the molecule is CC[C@@H](Br)[C@@H]1CC[C@H]2OC(=O)O[C@H]2C[C@@H](C)O1. The third-order valence-corrected chi connectivity index (χ3v) is 4.65. The van der Waals surface area contributed by atoms with Crippen molar-refractivity contribution in [3.05, 3.63) is 0 Å². The van der Waals surface area contributed by atoms with Gasteiger partial charge in [0.25, 0.3) is 0 Å². The zero-order valence-corrected chi connectivity index (χ0v) is 11.8. The summed E-state index contributed by atoms with van der Waals surface area (Å²) < 4.78 is 16.3. The lowest BCUT2D eigenvalue weighted by Crippen LogP contribution is -2.37. The largest absolute Gasteiger partial charge is 0.509 e. The minimum atomic E-state index is -0.531. The second-order valence-electron chi connectivity index (χ2n) is 4.79. The summed E-state index contributed by atoms with van der Waals surface area (Å²) in [4.78, 5) is 11.5. The number of carbonyl (C=O) groups excluding carboxylic acids is 1. The molecule has 0 aliphatic carbocycles. The molecule has 2 saturated heterocycles. The number of hydrogen-bond donors (Lipinski definition) is 0. The van der Waals surface area contributed by atoms with Crippen LogP contribution in [0.5, 0.6) is 0 Å². The van der Waals surface area contributed by atoms with Crippen LogP contribution in [0.25, 0.3) is 0 Å². The van der Waals surface area contributed by atoms with Gasteiger partial charge >= 0.3 is 6.16 Å². The molecule has 5 heteroatoms. The van der Waals surface area contributed by atoms with Crippen LogP contribution >= 0.6 is 15.9 Å². The summed E-state index contributed by atoms with van der Waals surface area (Å²) in [6.07, 6.45) is 2.99. The maximum Gasteiger partial charge on any atom is 0.509 e. The molecule has 2 heterocycles. The Labute approximate surface area is 110 Å². The summed E-state index contributed by atoms with van der Waals surface area (Å²) in [5.41, 5.74) is 0. The Bertz CT molecular complexity index is 284. The molecule has 98 valence electrons. The van der Waals surface area contributed by atoms with Gasteiger partial charge in [-0.1, -0.05) is 22.9 Å². The minimum Gasteiger partial charge on any atom is -0.427 e. The van der Waals surface area contributed by atoms with Gasteiger partial charge in [-0.15, -0.1) is 0 Å². The number of halogens is 1. The first kappa shape index (κ1) is 13.1. The molecule has 2 fully saturated rings. The highest BCUT2D eigenvalue weighted by Gasteiger charge is 2.40. The lowest BCUT2D eigenvalue weighted by atomic mass is 9.97. The highest BCUT2D eigenvalue weighted by molar-refractivity contribution is 9.09. The van der Waals surface area contributed by atoms with E-state index >= 15 is 0 Å². The van der Waals surface area contributed by atoms with Crippen molar-refractivity contribution in [1.82, 2.24) is 0 Å². The van der Waals surface area contributed by atoms with E-state index < -0.39 is 6.16 Å². The molecule has 0 saturated carbocycles. The van der Waals surface area contributed by atoms with Crippen molar-refractivity contribution in [2.75, 3.05) is 0 Å². The standard InChI is InChI=1S/C12H19BrO4/c1-3-8(13)9-4-5-10-11(6-7(2)15-9)17-12(14)16-10/h7-11H,3-6H2,1-2H3/t7-,8-,9+,10-,11+/m1/s1. The lowest BCUT2D eigenvalue weighted by Gasteiger charge is -2.31. The quantitative estimate of drug-likeness (QED) is 0.581. The van der Waals surface area contributed by atoms with Gasteiger partial charge in [0.05, 0.1) is 12.2 Å². The highest BCUT2D eigenvalue weighted by Crippen LogP contribution is 2.30. The van der Waals surface area contributed by atoms with Gasteiger partial charge < -0.3 is 14.2 Å². The third kappa shape index (κ3) is 3.13. The highest BCUT2D eigenvalue weighted by atomic mass is 79.9. The molecule has 2 aliphatic rings. The van der Waals surface area contributed by atoms with Crippen LogP contribution in [0.3, 0.4) is 0 Å². The predicted octanol–water partition coefficient (Wildman–Crippen LogP) is 3.02. The molecule has 0 spiro atoms. The average molecular weight is 307 g/mol. The first-order valence-electron chi connectivity index (χ1n) is 6.27. The van der Waals surface area contributed by atoms with Crippen LogP contribution in [-0.4, -0.2) is 35.4 Å². The number of alkyl halides is 1. The molecule has 0 aromatic heterocycles. The van der Waals surface area contributed by atoms with Crippen molar-refractivity contribution >= 4 is 22.1 Å². The molecule has 5 atom stereocenters. The molecule has 0 unspecified atom stereocenters. The van der Waals surface area contributed by atoms with Gasteiger partial charge in [0.2, 0.25) is 0 Å². The molecule has 0 radical (unpaired) electrons. The monoisotopic (exact) mass is 306 g/mol. The fourth-order valence-corrected chi connectivity index (χ4v) is 2.87. The molecular formula is C12H19BrO4. The van der Waals surface area contributed by atoms with Gasteiger partial charge in [0.1, 0.15) is 12.2 Å². The smallest absolute Gasteiger partial charge is 0.427 e. The van der Waals surface area contributed by atoms with Gasteiger partial charge in [-0.2, -0.15) is 0 Å². The average Bonchev–Trinajstić information content (AvgIpc) is 2.60. The molecule has 0 amide bonds. The Hall–Kier alpha value is -0.290. The van der Waals surface area contributed by atoms with Crippen molar-refractivity contribution in [3.8, 4) is 0 Å². The Morgan fingerprint density at radius 2 is 2.06 bits per heavy atom. The number of ether oxygens (including phenoxy) is 3. The molecular weight excluding hydrogens is 288 g/mol. The zero-order valence-electron chi connectivity index (χ0n) is 10.2. The lowest BCUT2D eigenvalue weighted by molar-refractivity contribution is -0.0510. The molecule has 0 N–H and O–H groups in total. The van der Waals surface area contributed by atoms with Gasteiger partial charge in [-0.3, -0.25) is 0 Å². The first-order valence-corrected chi connectivity index (χ1v) is 7.18. The van der Waals surface area contributed by atoms with Crippen molar-refractivity contribution in [2.24, 2.45) is 0 Å². The first-order chi connectivity index (χ1) is 8.10. The Kier molecular flexibility index (Phi) is 4.31. The molecule has 0 aromatic carbocycles. The van der Waals surface area contributed by atoms with E-state index in [9.17, 15) is 4.79 Å². The number of hydrogen-bond acceptors (Lipinski definition) is 4. The number of fused-ring (bicyclic) bond motifs is 1.